The second-order valence-corrected chi connectivity index (χ2v) is 3.66. The first-order valence-corrected chi connectivity index (χ1v) is 5.23. The first-order valence-electron chi connectivity index (χ1n) is 5.23. The molecule has 0 saturated carbocycles. The number of aliphatic imine (C=N–C) groups is 1. The van der Waals surface area contributed by atoms with Gasteiger partial charge in [-0.3, -0.25) is 4.99 Å². The predicted molar refractivity (Wildman–Crippen MR) is 64.9 cm³/mol. The molecule has 16 heavy (non-hydrogen) atoms. The number of aromatic nitrogens is 2. The van der Waals surface area contributed by atoms with E-state index in [1.165, 1.54) is 6.33 Å². The van der Waals surface area contributed by atoms with Gasteiger partial charge in [-0.25, -0.2) is 9.97 Å². The van der Waals surface area contributed by atoms with Gasteiger partial charge in [0.2, 0.25) is 0 Å². The molecular formula is C12H14N4. The van der Waals surface area contributed by atoms with E-state index in [2.05, 4.69) is 21.5 Å². The zero-order chi connectivity index (χ0) is 11.4. The molecule has 0 aliphatic carbocycles. The van der Waals surface area contributed by atoms with Crippen LogP contribution in [-0.2, 0) is 0 Å². The summed E-state index contributed by atoms with van der Waals surface area (Å²) in [6.07, 6.45) is 6.86. The van der Waals surface area contributed by atoms with Gasteiger partial charge in [0.25, 0.3) is 0 Å². The lowest BCUT2D eigenvalue weighted by atomic mass is 10.0. The van der Waals surface area contributed by atoms with Crippen LogP contribution in [0.1, 0.15) is 18.5 Å². The Hall–Kier alpha value is -1.97. The fraction of sp³-hybridized carbons (Fsp3) is 0.250. The normalized spacial score (nSPS) is 21.6. The van der Waals surface area contributed by atoms with Gasteiger partial charge in [0.1, 0.15) is 6.33 Å². The first kappa shape index (κ1) is 10.5. The molecule has 4 nitrogen and oxygen atoms in total. The number of nitrogens with zero attached hydrogens (tertiary/aromatic N) is 3. The SMILES string of the molecule is C=C1CCCN=C/C(c2ccncn2)=C\1N. The van der Waals surface area contributed by atoms with Gasteiger partial charge in [0.05, 0.1) is 5.69 Å². The Morgan fingerprint density at radius 2 is 2.25 bits per heavy atom. The molecule has 1 aliphatic heterocycles. The van der Waals surface area contributed by atoms with Gasteiger partial charge in [0.15, 0.2) is 0 Å². The van der Waals surface area contributed by atoms with Crippen LogP contribution in [0.25, 0.3) is 5.57 Å². The standard InChI is InChI=1S/C12H14N4/c1-9-3-2-5-14-7-10(12(9)13)11-4-6-15-8-16-11/h4,6-8H,1-3,5,13H2/b12-10-,14-7?. The molecule has 1 aromatic rings. The van der Waals surface area contributed by atoms with Crippen molar-refractivity contribution in [2.75, 3.05) is 6.54 Å². The predicted octanol–water partition coefficient (Wildman–Crippen LogP) is 1.57. The summed E-state index contributed by atoms with van der Waals surface area (Å²) in [5.41, 5.74) is 9.32. The van der Waals surface area contributed by atoms with Crippen molar-refractivity contribution >= 4 is 11.8 Å². The van der Waals surface area contributed by atoms with E-state index in [4.69, 9.17) is 5.73 Å². The molecule has 2 rings (SSSR count). The van der Waals surface area contributed by atoms with Crippen molar-refractivity contribution in [1.82, 2.24) is 9.97 Å². The van der Waals surface area contributed by atoms with Crippen molar-refractivity contribution < 1.29 is 0 Å². The number of rotatable bonds is 1. The molecule has 1 aliphatic rings. The van der Waals surface area contributed by atoms with Crippen molar-refractivity contribution in [2.45, 2.75) is 12.8 Å². The van der Waals surface area contributed by atoms with E-state index in [-0.39, 0.29) is 0 Å². The number of hydrogen-bond donors (Lipinski definition) is 1. The Balaban J connectivity index is 2.46. The maximum Gasteiger partial charge on any atom is 0.116 e. The minimum Gasteiger partial charge on any atom is -0.398 e. The maximum atomic E-state index is 6.05. The molecule has 0 atom stereocenters. The Labute approximate surface area is 94.6 Å². The molecule has 0 fully saturated rings. The summed E-state index contributed by atoms with van der Waals surface area (Å²) >= 11 is 0. The van der Waals surface area contributed by atoms with Gasteiger partial charge in [0, 0.05) is 30.2 Å². The smallest absolute Gasteiger partial charge is 0.116 e. The zero-order valence-electron chi connectivity index (χ0n) is 9.06. The lowest BCUT2D eigenvalue weighted by Crippen LogP contribution is -2.09. The number of hydrogen-bond acceptors (Lipinski definition) is 4. The molecule has 0 aromatic carbocycles. The molecule has 0 saturated heterocycles. The van der Waals surface area contributed by atoms with E-state index in [0.717, 1.165) is 36.2 Å². The van der Waals surface area contributed by atoms with Gasteiger partial charge < -0.3 is 5.73 Å². The van der Waals surface area contributed by atoms with E-state index in [1.54, 1.807) is 12.4 Å². The van der Waals surface area contributed by atoms with Crippen LogP contribution in [0.3, 0.4) is 0 Å². The summed E-state index contributed by atoms with van der Waals surface area (Å²) < 4.78 is 0. The van der Waals surface area contributed by atoms with Crippen LogP contribution in [0, 0.1) is 0 Å². The summed E-state index contributed by atoms with van der Waals surface area (Å²) in [7, 11) is 0. The third-order valence-corrected chi connectivity index (χ3v) is 2.52. The third kappa shape index (κ3) is 2.16. The Morgan fingerprint density at radius 3 is 3.00 bits per heavy atom. The molecule has 0 bridgehead atoms. The van der Waals surface area contributed by atoms with E-state index < -0.39 is 0 Å². The van der Waals surface area contributed by atoms with Crippen LogP contribution in [0.4, 0.5) is 0 Å². The molecule has 0 unspecified atom stereocenters. The summed E-state index contributed by atoms with van der Waals surface area (Å²) in [5, 5.41) is 0. The Bertz CT molecular complexity index is 445. The van der Waals surface area contributed by atoms with Crippen molar-refractivity contribution in [1.29, 1.82) is 0 Å². The lowest BCUT2D eigenvalue weighted by Gasteiger charge is -2.12. The van der Waals surface area contributed by atoms with Crippen molar-refractivity contribution in [2.24, 2.45) is 10.7 Å². The number of nitrogens with two attached hydrogens (primary N) is 1. The largest absolute Gasteiger partial charge is 0.398 e. The van der Waals surface area contributed by atoms with E-state index >= 15 is 0 Å². The number of allylic oxidation sites excluding steroid dienone is 2. The van der Waals surface area contributed by atoms with Crippen molar-refractivity contribution in [3.05, 3.63) is 42.1 Å². The fourth-order valence-corrected chi connectivity index (χ4v) is 1.59. The summed E-state index contributed by atoms with van der Waals surface area (Å²) in [5.74, 6) is 0. The minimum absolute atomic E-state index is 0.683. The van der Waals surface area contributed by atoms with Gasteiger partial charge in [-0.1, -0.05) is 6.58 Å². The van der Waals surface area contributed by atoms with Gasteiger partial charge >= 0.3 is 0 Å². The van der Waals surface area contributed by atoms with Crippen molar-refractivity contribution in [3.63, 3.8) is 0 Å². The van der Waals surface area contributed by atoms with E-state index in [1.807, 2.05) is 6.07 Å². The van der Waals surface area contributed by atoms with Crippen LogP contribution in [-0.4, -0.2) is 22.7 Å². The monoisotopic (exact) mass is 214 g/mol. The minimum atomic E-state index is 0.683. The lowest BCUT2D eigenvalue weighted by molar-refractivity contribution is 0.828. The van der Waals surface area contributed by atoms with E-state index in [0.29, 0.717) is 5.70 Å². The highest BCUT2D eigenvalue weighted by Gasteiger charge is 2.10. The summed E-state index contributed by atoms with van der Waals surface area (Å²) in [4.78, 5) is 12.4. The maximum absolute atomic E-state index is 6.05. The van der Waals surface area contributed by atoms with Crippen LogP contribution in [0.2, 0.25) is 0 Å². The topological polar surface area (TPSA) is 64.2 Å². The Kier molecular flexibility index (Phi) is 3.10. The van der Waals surface area contributed by atoms with Crippen LogP contribution in [0.5, 0.6) is 0 Å². The molecular weight excluding hydrogens is 200 g/mol. The molecule has 1 aromatic heterocycles. The molecule has 0 spiro atoms. The average molecular weight is 214 g/mol. The first-order chi connectivity index (χ1) is 7.79. The molecule has 2 N–H and O–H groups in total. The zero-order valence-corrected chi connectivity index (χ0v) is 9.06. The van der Waals surface area contributed by atoms with Crippen molar-refractivity contribution in [3.8, 4) is 0 Å². The molecule has 82 valence electrons. The van der Waals surface area contributed by atoms with Gasteiger partial charge in [-0.05, 0) is 24.5 Å². The Morgan fingerprint density at radius 1 is 1.38 bits per heavy atom. The highest BCUT2D eigenvalue weighted by Crippen LogP contribution is 2.20. The summed E-state index contributed by atoms with van der Waals surface area (Å²) in [6.45, 7) is 4.79. The second kappa shape index (κ2) is 4.70. The molecule has 4 heteroatoms. The molecule has 0 radical (unpaired) electrons. The highest BCUT2D eigenvalue weighted by atomic mass is 14.8. The van der Waals surface area contributed by atoms with Gasteiger partial charge in [-0.2, -0.15) is 0 Å². The van der Waals surface area contributed by atoms with Crippen LogP contribution >= 0.6 is 0 Å². The molecule has 0 amide bonds. The van der Waals surface area contributed by atoms with Crippen LogP contribution < -0.4 is 5.73 Å². The average Bonchev–Trinajstić information content (AvgIpc) is 2.32. The third-order valence-electron chi connectivity index (χ3n) is 2.52. The summed E-state index contributed by atoms with van der Waals surface area (Å²) in [6, 6.07) is 1.82. The van der Waals surface area contributed by atoms with Gasteiger partial charge in [-0.15, -0.1) is 0 Å². The second-order valence-electron chi connectivity index (χ2n) is 3.66. The quantitative estimate of drug-likeness (QED) is 0.771. The van der Waals surface area contributed by atoms with E-state index in [9.17, 15) is 0 Å². The van der Waals surface area contributed by atoms with Crippen LogP contribution in [0.15, 0.2) is 41.4 Å². The fourth-order valence-electron chi connectivity index (χ4n) is 1.59. The highest BCUT2D eigenvalue weighted by molar-refractivity contribution is 6.11. The molecule has 2 heterocycles.